The number of nitrogens with zero attached hydrogens (tertiary/aromatic N) is 2. The topological polar surface area (TPSA) is 126 Å². The number of β-amino-alcohol motifs (C(OH)–C–C–N with tert-alkyl or cyclic N) is 1. The van der Waals surface area contributed by atoms with E-state index in [9.17, 15) is 14.7 Å². The summed E-state index contributed by atoms with van der Waals surface area (Å²) < 4.78 is 16.8. The molecule has 2 aliphatic rings. The van der Waals surface area contributed by atoms with Crippen LogP contribution in [0.3, 0.4) is 0 Å². The lowest BCUT2D eigenvalue weighted by Gasteiger charge is -2.44. The molecule has 0 bridgehead atoms. The van der Waals surface area contributed by atoms with Gasteiger partial charge in [-0.3, -0.25) is 4.79 Å². The van der Waals surface area contributed by atoms with E-state index in [2.05, 4.69) is 15.8 Å². The van der Waals surface area contributed by atoms with Crippen molar-refractivity contribution in [2.24, 2.45) is 0 Å². The molecule has 29 heavy (non-hydrogen) atoms. The summed E-state index contributed by atoms with van der Waals surface area (Å²) in [5.41, 5.74) is 1.12. The molecule has 0 unspecified atom stereocenters. The molecule has 10 nitrogen and oxygen atoms in total. The summed E-state index contributed by atoms with van der Waals surface area (Å²) in [5.74, 6) is 0.469. The molecule has 2 fully saturated rings. The second-order valence-electron chi connectivity index (χ2n) is 7.57. The van der Waals surface area contributed by atoms with Gasteiger partial charge in [-0.05, 0) is 33.6 Å². The zero-order chi connectivity index (χ0) is 21.0. The number of urea groups is 1. The Morgan fingerprint density at radius 1 is 1.28 bits per heavy atom. The summed E-state index contributed by atoms with van der Waals surface area (Å²) in [7, 11) is 0. The van der Waals surface area contributed by atoms with E-state index in [4.69, 9.17) is 14.0 Å². The van der Waals surface area contributed by atoms with E-state index in [-0.39, 0.29) is 56.4 Å². The molecule has 3 amide bonds. The van der Waals surface area contributed by atoms with Crippen LogP contribution in [0, 0.1) is 13.8 Å². The molecule has 1 aromatic rings. The third-order valence-corrected chi connectivity index (χ3v) is 5.29. The molecule has 4 atom stereocenters. The lowest BCUT2D eigenvalue weighted by molar-refractivity contribution is -0.149. The van der Waals surface area contributed by atoms with Crippen molar-refractivity contribution in [3.63, 3.8) is 0 Å². The zero-order valence-corrected chi connectivity index (χ0v) is 17.1. The van der Waals surface area contributed by atoms with Gasteiger partial charge < -0.3 is 34.6 Å². The first-order chi connectivity index (χ1) is 13.9. The van der Waals surface area contributed by atoms with Crippen LogP contribution in [-0.2, 0) is 14.3 Å². The fraction of sp³-hybridized carbons (Fsp3) is 0.737. The van der Waals surface area contributed by atoms with Crippen molar-refractivity contribution < 1.29 is 28.7 Å². The SMILES string of the molecule is CCNC(=O)C[C@@H]1CC[C@H]2[C@@H](COC[C@@H](O)CN2C(=O)Nc2c(C)noc2C)O1. The molecular weight excluding hydrogens is 380 g/mol. The average molecular weight is 410 g/mol. The number of nitrogens with one attached hydrogen (secondary N) is 2. The van der Waals surface area contributed by atoms with Gasteiger partial charge in [-0.1, -0.05) is 5.16 Å². The Bertz CT molecular complexity index is 704. The lowest BCUT2D eigenvalue weighted by Crippen LogP contribution is -2.58. The molecule has 0 spiro atoms. The second kappa shape index (κ2) is 9.55. The van der Waals surface area contributed by atoms with E-state index in [1.54, 1.807) is 18.7 Å². The Morgan fingerprint density at radius 3 is 2.76 bits per heavy atom. The first kappa shape index (κ1) is 21.5. The van der Waals surface area contributed by atoms with Gasteiger partial charge in [0.1, 0.15) is 17.5 Å². The largest absolute Gasteiger partial charge is 0.389 e. The standard InChI is InChI=1S/C19H30N4O6/c1-4-20-17(25)7-14-5-6-15-16(28-14)10-27-9-13(24)8-23(15)19(26)21-18-11(2)22-29-12(18)3/h13-16,24H,4-10H2,1-3H3,(H,20,25)(H,21,26)/t13-,14-,15-,16+/m0/s1. The number of carbonyl (C=O) groups is 2. The molecule has 0 radical (unpaired) electrons. The Labute approximate surface area is 169 Å². The van der Waals surface area contributed by atoms with Crippen LogP contribution in [0.4, 0.5) is 10.5 Å². The van der Waals surface area contributed by atoms with Crippen LogP contribution in [-0.4, -0.2) is 77.8 Å². The number of ether oxygens (including phenoxy) is 2. The summed E-state index contributed by atoms with van der Waals surface area (Å²) in [5, 5.41) is 19.7. The predicted octanol–water partition coefficient (Wildman–Crippen LogP) is 0.959. The van der Waals surface area contributed by atoms with Crippen molar-refractivity contribution in [2.75, 3.05) is 31.6 Å². The maximum atomic E-state index is 13.1. The summed E-state index contributed by atoms with van der Waals surface area (Å²) in [6, 6.07) is -0.614. The summed E-state index contributed by atoms with van der Waals surface area (Å²) in [4.78, 5) is 26.6. The third kappa shape index (κ3) is 5.26. The number of amides is 3. The number of aliphatic hydroxyl groups is 1. The van der Waals surface area contributed by atoms with Crippen LogP contribution in [0.2, 0.25) is 0 Å². The number of hydrogen-bond donors (Lipinski definition) is 3. The van der Waals surface area contributed by atoms with Crippen LogP contribution < -0.4 is 10.6 Å². The number of hydrogen-bond acceptors (Lipinski definition) is 7. The lowest BCUT2D eigenvalue weighted by atomic mass is 9.95. The number of anilines is 1. The minimum atomic E-state index is -0.792. The van der Waals surface area contributed by atoms with Gasteiger partial charge in [0.15, 0.2) is 5.76 Å². The van der Waals surface area contributed by atoms with Crippen LogP contribution >= 0.6 is 0 Å². The molecule has 2 aliphatic heterocycles. The van der Waals surface area contributed by atoms with Gasteiger partial charge in [0.2, 0.25) is 5.91 Å². The Hall–Kier alpha value is -2.17. The van der Waals surface area contributed by atoms with E-state index in [0.29, 0.717) is 36.5 Å². The van der Waals surface area contributed by atoms with Crippen LogP contribution in [0.25, 0.3) is 0 Å². The fourth-order valence-corrected chi connectivity index (χ4v) is 3.89. The Kier molecular flexibility index (Phi) is 7.09. The molecule has 0 saturated carbocycles. The number of carbonyl (C=O) groups excluding carboxylic acids is 2. The minimum Gasteiger partial charge on any atom is -0.389 e. The first-order valence-electron chi connectivity index (χ1n) is 10.1. The molecule has 162 valence electrons. The summed E-state index contributed by atoms with van der Waals surface area (Å²) >= 11 is 0. The van der Waals surface area contributed by atoms with E-state index >= 15 is 0 Å². The molecule has 2 saturated heterocycles. The monoisotopic (exact) mass is 410 g/mol. The molecule has 10 heteroatoms. The molecule has 1 aromatic heterocycles. The van der Waals surface area contributed by atoms with Crippen LogP contribution in [0.5, 0.6) is 0 Å². The quantitative estimate of drug-likeness (QED) is 0.675. The van der Waals surface area contributed by atoms with E-state index in [0.717, 1.165) is 0 Å². The molecule has 3 heterocycles. The number of aliphatic hydroxyl groups excluding tert-OH is 1. The number of rotatable bonds is 4. The average Bonchev–Trinajstić information content (AvgIpc) is 2.97. The van der Waals surface area contributed by atoms with Crippen molar-refractivity contribution in [1.82, 2.24) is 15.4 Å². The highest BCUT2D eigenvalue weighted by molar-refractivity contribution is 5.90. The van der Waals surface area contributed by atoms with Crippen molar-refractivity contribution in [3.8, 4) is 0 Å². The number of aromatic nitrogens is 1. The second-order valence-corrected chi connectivity index (χ2v) is 7.57. The molecule has 0 aromatic carbocycles. The Balaban J connectivity index is 1.72. The van der Waals surface area contributed by atoms with E-state index in [1.807, 2.05) is 6.92 Å². The first-order valence-corrected chi connectivity index (χ1v) is 10.1. The van der Waals surface area contributed by atoms with Crippen molar-refractivity contribution in [2.45, 2.75) is 64.4 Å². The highest BCUT2D eigenvalue weighted by Gasteiger charge is 2.40. The highest BCUT2D eigenvalue weighted by atomic mass is 16.5. The smallest absolute Gasteiger partial charge is 0.322 e. The Morgan fingerprint density at radius 2 is 2.07 bits per heavy atom. The van der Waals surface area contributed by atoms with Gasteiger partial charge in [0.25, 0.3) is 0 Å². The number of aryl methyl sites for hydroxylation is 2. The molecular formula is C19H30N4O6. The van der Waals surface area contributed by atoms with Crippen molar-refractivity contribution in [1.29, 1.82) is 0 Å². The van der Waals surface area contributed by atoms with Gasteiger partial charge in [0, 0.05) is 6.54 Å². The van der Waals surface area contributed by atoms with Gasteiger partial charge in [-0.15, -0.1) is 0 Å². The maximum Gasteiger partial charge on any atom is 0.322 e. The van der Waals surface area contributed by atoms with Crippen molar-refractivity contribution in [3.05, 3.63) is 11.5 Å². The third-order valence-electron chi connectivity index (χ3n) is 5.29. The van der Waals surface area contributed by atoms with Gasteiger partial charge in [-0.25, -0.2) is 4.79 Å². The predicted molar refractivity (Wildman–Crippen MR) is 104 cm³/mol. The fourth-order valence-electron chi connectivity index (χ4n) is 3.89. The normalized spacial score (nSPS) is 27.5. The maximum absolute atomic E-state index is 13.1. The molecule has 3 N–H and O–H groups in total. The van der Waals surface area contributed by atoms with E-state index in [1.165, 1.54) is 0 Å². The van der Waals surface area contributed by atoms with Crippen molar-refractivity contribution >= 4 is 17.6 Å². The molecule has 0 aliphatic carbocycles. The van der Waals surface area contributed by atoms with Crippen LogP contribution in [0.1, 0.15) is 37.6 Å². The molecule has 3 rings (SSSR count). The minimum absolute atomic E-state index is 0.0499. The summed E-state index contributed by atoms with van der Waals surface area (Å²) in [6.07, 6.45) is 0.197. The van der Waals surface area contributed by atoms with E-state index < -0.39 is 6.10 Å². The highest BCUT2D eigenvalue weighted by Crippen LogP contribution is 2.29. The van der Waals surface area contributed by atoms with Crippen LogP contribution in [0.15, 0.2) is 4.52 Å². The van der Waals surface area contributed by atoms with Gasteiger partial charge in [-0.2, -0.15) is 0 Å². The zero-order valence-electron chi connectivity index (χ0n) is 17.1. The number of fused-ring (bicyclic) bond motifs is 1. The van der Waals surface area contributed by atoms with Gasteiger partial charge >= 0.3 is 6.03 Å². The van der Waals surface area contributed by atoms with Gasteiger partial charge in [0.05, 0.1) is 44.4 Å². The summed E-state index contributed by atoms with van der Waals surface area (Å²) in [6.45, 7) is 6.42.